The van der Waals surface area contributed by atoms with Gasteiger partial charge in [-0.15, -0.1) is 0 Å². The van der Waals surface area contributed by atoms with Gasteiger partial charge in [-0.3, -0.25) is 0 Å². The lowest BCUT2D eigenvalue weighted by Crippen LogP contribution is -2.58. The Bertz CT molecular complexity index is 653. The zero-order chi connectivity index (χ0) is 15.3. The molecule has 8 heteroatoms. The van der Waals surface area contributed by atoms with Gasteiger partial charge in [0.2, 0.25) is 10.0 Å². The minimum atomic E-state index is -3.86. The lowest BCUT2D eigenvalue weighted by atomic mass is 10.2. The van der Waals surface area contributed by atoms with Crippen molar-refractivity contribution < 1.29 is 21.9 Å². The molecule has 0 spiro atoms. The van der Waals surface area contributed by atoms with Gasteiger partial charge in [0.1, 0.15) is 5.75 Å². The van der Waals surface area contributed by atoms with E-state index in [0.717, 1.165) is 17.1 Å². The maximum Gasteiger partial charge on any atom is 0.275 e. The predicted molar refractivity (Wildman–Crippen MR) is 76.1 cm³/mol. The van der Waals surface area contributed by atoms with E-state index in [4.69, 9.17) is 4.74 Å². The summed E-state index contributed by atoms with van der Waals surface area (Å²) in [5.41, 5.74) is 0. The molecule has 0 bridgehead atoms. The van der Waals surface area contributed by atoms with Crippen LogP contribution in [0.25, 0.3) is 0 Å². The Morgan fingerprint density at radius 2 is 2.00 bits per heavy atom. The smallest absolute Gasteiger partial charge is 0.275 e. The first-order valence-electron chi connectivity index (χ1n) is 6.58. The first-order chi connectivity index (χ1) is 9.78. The van der Waals surface area contributed by atoms with Crippen LogP contribution in [-0.4, -0.2) is 38.3 Å². The van der Waals surface area contributed by atoms with Crippen LogP contribution < -0.4 is 4.74 Å². The maximum atomic E-state index is 12.8. The highest BCUT2D eigenvalue weighted by Crippen LogP contribution is 2.36. The maximum absolute atomic E-state index is 12.8. The summed E-state index contributed by atoms with van der Waals surface area (Å²) in [6.07, 6.45) is 2.32. The highest BCUT2D eigenvalue weighted by molar-refractivity contribution is 9.10. The predicted octanol–water partition coefficient (Wildman–Crippen LogP) is 2.88. The SMILES string of the molecule is O=S(=O)(c1ccc(OCC2CC2)c(Br)c1)N1CC(F)(F)C1. The first kappa shape index (κ1) is 15.2. The third-order valence-corrected chi connectivity index (χ3v) is 5.94. The molecule has 0 atom stereocenters. The molecular formula is C13H14BrF2NO3S. The molecule has 3 rings (SSSR count). The lowest BCUT2D eigenvalue weighted by molar-refractivity contribution is -0.0945. The minimum absolute atomic E-state index is 0.0105. The Morgan fingerprint density at radius 1 is 1.33 bits per heavy atom. The molecule has 4 nitrogen and oxygen atoms in total. The molecule has 2 aliphatic rings. The van der Waals surface area contributed by atoms with Gasteiger partial charge in [-0.1, -0.05) is 0 Å². The lowest BCUT2D eigenvalue weighted by Gasteiger charge is -2.37. The van der Waals surface area contributed by atoms with Crippen molar-refractivity contribution in [2.45, 2.75) is 23.7 Å². The van der Waals surface area contributed by atoms with Crippen molar-refractivity contribution in [3.05, 3.63) is 22.7 Å². The molecule has 0 aromatic heterocycles. The van der Waals surface area contributed by atoms with Gasteiger partial charge in [-0.05, 0) is 52.9 Å². The van der Waals surface area contributed by atoms with Crippen LogP contribution in [0.4, 0.5) is 8.78 Å². The van der Waals surface area contributed by atoms with Gasteiger partial charge in [0.05, 0.1) is 29.1 Å². The van der Waals surface area contributed by atoms with Crippen LogP contribution in [0, 0.1) is 5.92 Å². The van der Waals surface area contributed by atoms with Crippen LogP contribution in [0.3, 0.4) is 0 Å². The fraction of sp³-hybridized carbons (Fsp3) is 0.538. The Labute approximate surface area is 130 Å². The number of hydrogen-bond donors (Lipinski definition) is 0. The van der Waals surface area contributed by atoms with E-state index in [9.17, 15) is 17.2 Å². The van der Waals surface area contributed by atoms with Gasteiger partial charge in [-0.25, -0.2) is 17.2 Å². The Morgan fingerprint density at radius 3 is 2.52 bits per heavy atom. The molecule has 21 heavy (non-hydrogen) atoms. The van der Waals surface area contributed by atoms with Crippen LogP contribution in [0.5, 0.6) is 5.75 Å². The Balaban J connectivity index is 1.74. The number of rotatable bonds is 5. The number of sulfonamides is 1. The van der Waals surface area contributed by atoms with Crippen molar-refractivity contribution in [2.75, 3.05) is 19.7 Å². The average molecular weight is 382 g/mol. The largest absolute Gasteiger partial charge is 0.492 e. The van der Waals surface area contributed by atoms with Crippen LogP contribution >= 0.6 is 15.9 Å². The second-order valence-electron chi connectivity index (χ2n) is 5.48. The van der Waals surface area contributed by atoms with E-state index >= 15 is 0 Å². The monoisotopic (exact) mass is 381 g/mol. The summed E-state index contributed by atoms with van der Waals surface area (Å²) in [7, 11) is -3.86. The Kier molecular flexibility index (Phi) is 3.74. The molecule has 1 saturated heterocycles. The molecule has 1 aliphatic carbocycles. The van der Waals surface area contributed by atoms with Crippen LogP contribution in [-0.2, 0) is 10.0 Å². The molecule has 1 aromatic carbocycles. The quantitative estimate of drug-likeness (QED) is 0.787. The summed E-state index contributed by atoms with van der Waals surface area (Å²) >= 11 is 3.27. The third kappa shape index (κ3) is 3.22. The van der Waals surface area contributed by atoms with E-state index in [2.05, 4.69) is 15.9 Å². The standard InChI is InChI=1S/C13H14BrF2NO3S/c14-11-5-10(3-4-12(11)20-6-9-1-2-9)21(18,19)17-7-13(15,16)8-17/h3-5,9H,1-2,6-8H2. The number of benzene rings is 1. The molecule has 0 amide bonds. The van der Waals surface area contributed by atoms with Gasteiger partial charge in [0.15, 0.2) is 0 Å². The van der Waals surface area contributed by atoms with Crippen molar-refractivity contribution in [1.82, 2.24) is 4.31 Å². The highest BCUT2D eigenvalue weighted by Gasteiger charge is 2.49. The molecule has 1 saturated carbocycles. The van der Waals surface area contributed by atoms with E-state index in [0.29, 0.717) is 22.7 Å². The van der Waals surface area contributed by atoms with E-state index in [1.54, 1.807) is 6.07 Å². The summed E-state index contributed by atoms with van der Waals surface area (Å²) < 4.78 is 56.9. The average Bonchev–Trinajstić information content (AvgIpc) is 3.18. The van der Waals surface area contributed by atoms with Crippen molar-refractivity contribution in [1.29, 1.82) is 0 Å². The van der Waals surface area contributed by atoms with Gasteiger partial charge in [0, 0.05) is 0 Å². The number of nitrogens with zero attached hydrogens (tertiary/aromatic N) is 1. The van der Waals surface area contributed by atoms with Crippen molar-refractivity contribution in [3.63, 3.8) is 0 Å². The van der Waals surface area contributed by atoms with Crippen molar-refractivity contribution in [2.24, 2.45) is 5.92 Å². The molecule has 116 valence electrons. The molecule has 0 radical (unpaired) electrons. The van der Waals surface area contributed by atoms with E-state index < -0.39 is 29.0 Å². The number of hydrogen-bond acceptors (Lipinski definition) is 3. The summed E-state index contributed by atoms with van der Waals surface area (Å²) in [6.45, 7) is -0.900. The molecule has 0 unspecified atom stereocenters. The number of alkyl halides is 2. The van der Waals surface area contributed by atoms with Gasteiger partial charge >= 0.3 is 0 Å². The third-order valence-electron chi connectivity index (χ3n) is 3.53. The summed E-state index contributed by atoms with van der Waals surface area (Å²) in [5.74, 6) is -1.77. The zero-order valence-corrected chi connectivity index (χ0v) is 13.5. The first-order valence-corrected chi connectivity index (χ1v) is 8.82. The zero-order valence-electron chi connectivity index (χ0n) is 11.1. The molecule has 2 fully saturated rings. The number of ether oxygens (including phenoxy) is 1. The van der Waals surface area contributed by atoms with E-state index in [-0.39, 0.29) is 4.90 Å². The minimum Gasteiger partial charge on any atom is -0.492 e. The summed E-state index contributed by atoms with van der Waals surface area (Å²) in [4.78, 5) is -0.0105. The molecular weight excluding hydrogens is 368 g/mol. The fourth-order valence-electron chi connectivity index (χ4n) is 2.04. The normalized spacial score (nSPS) is 21.9. The van der Waals surface area contributed by atoms with Crippen molar-refractivity contribution in [3.8, 4) is 5.75 Å². The van der Waals surface area contributed by atoms with Gasteiger partial charge in [-0.2, -0.15) is 4.31 Å². The van der Waals surface area contributed by atoms with Gasteiger partial charge < -0.3 is 4.74 Å². The number of halogens is 3. The topological polar surface area (TPSA) is 46.6 Å². The molecule has 1 heterocycles. The second-order valence-corrected chi connectivity index (χ2v) is 8.27. The van der Waals surface area contributed by atoms with Crippen LogP contribution in [0.2, 0.25) is 0 Å². The summed E-state index contributed by atoms with van der Waals surface area (Å²) in [5, 5.41) is 0. The van der Waals surface area contributed by atoms with E-state index in [1.807, 2.05) is 0 Å². The Hall–Kier alpha value is -0.730. The fourth-order valence-corrected chi connectivity index (χ4v) is 4.21. The highest BCUT2D eigenvalue weighted by atomic mass is 79.9. The van der Waals surface area contributed by atoms with Crippen LogP contribution in [0.1, 0.15) is 12.8 Å². The molecule has 1 aromatic rings. The summed E-state index contributed by atoms with van der Waals surface area (Å²) in [6, 6.07) is 4.34. The molecule has 0 N–H and O–H groups in total. The van der Waals surface area contributed by atoms with E-state index in [1.165, 1.54) is 12.1 Å². The van der Waals surface area contributed by atoms with Crippen molar-refractivity contribution >= 4 is 26.0 Å². The van der Waals surface area contributed by atoms with Gasteiger partial charge in [0.25, 0.3) is 5.92 Å². The molecule has 1 aliphatic heterocycles. The second kappa shape index (κ2) is 5.17. The van der Waals surface area contributed by atoms with Crippen LogP contribution in [0.15, 0.2) is 27.6 Å².